The molecular weight excluding hydrogens is 430 g/mol. The minimum absolute atomic E-state index is 0.229. The van der Waals surface area contributed by atoms with E-state index in [-0.39, 0.29) is 11.7 Å². The highest BCUT2D eigenvalue weighted by Gasteiger charge is 2.20. The number of hydrogen-bond acceptors (Lipinski definition) is 5. The van der Waals surface area contributed by atoms with Crippen LogP contribution in [0.3, 0.4) is 0 Å². The van der Waals surface area contributed by atoms with Crippen LogP contribution < -0.4 is 0 Å². The van der Waals surface area contributed by atoms with E-state index in [2.05, 4.69) is 20.4 Å². The predicted octanol–water partition coefficient (Wildman–Crippen LogP) is 5.08. The van der Waals surface area contributed by atoms with Crippen molar-refractivity contribution in [2.45, 2.75) is 39.3 Å². The third-order valence-corrected chi connectivity index (χ3v) is 6.15. The Bertz CT molecular complexity index is 1150. The zero-order chi connectivity index (χ0) is 21.3. The van der Waals surface area contributed by atoms with Gasteiger partial charge in [0, 0.05) is 23.3 Å². The highest BCUT2D eigenvalue weighted by atomic mass is 35.5. The monoisotopic (exact) mass is 448 g/mol. The molecule has 0 aliphatic heterocycles. The van der Waals surface area contributed by atoms with Gasteiger partial charge in [-0.25, -0.2) is 8.78 Å². The number of halogens is 3. The van der Waals surface area contributed by atoms with Crippen molar-refractivity contribution in [2.24, 2.45) is 0 Å². The van der Waals surface area contributed by atoms with Crippen molar-refractivity contribution >= 4 is 22.9 Å². The van der Waals surface area contributed by atoms with Crippen LogP contribution >= 0.6 is 22.9 Å². The van der Waals surface area contributed by atoms with Crippen LogP contribution in [0.2, 0.25) is 5.02 Å². The molecule has 0 aliphatic carbocycles. The summed E-state index contributed by atoms with van der Waals surface area (Å²) in [6.07, 6.45) is -0.148. The summed E-state index contributed by atoms with van der Waals surface area (Å²) in [6, 6.07) is 10.7. The average molecular weight is 449 g/mol. The van der Waals surface area contributed by atoms with Crippen LogP contribution in [0.25, 0.3) is 0 Å². The first-order valence-electron chi connectivity index (χ1n) is 9.33. The standard InChI is InChI=1S/C20H19ClF2N6S/c1-12-9-17(19(22)23)27-29(12)13(2)20-25-24-18(30-20)10-15-7-8-28(26-15)11-14-5-3-4-6-16(14)21/h3-9,13,19H,10-11H2,1-2H3. The first kappa shape index (κ1) is 20.6. The van der Waals surface area contributed by atoms with Gasteiger partial charge in [0.25, 0.3) is 6.43 Å². The lowest BCUT2D eigenvalue weighted by molar-refractivity contribution is 0.145. The molecule has 0 aliphatic rings. The van der Waals surface area contributed by atoms with Crippen LogP contribution in [-0.4, -0.2) is 29.8 Å². The largest absolute Gasteiger partial charge is 0.282 e. The Balaban J connectivity index is 1.45. The van der Waals surface area contributed by atoms with Gasteiger partial charge in [0.1, 0.15) is 21.8 Å². The van der Waals surface area contributed by atoms with Crippen LogP contribution in [0.5, 0.6) is 0 Å². The van der Waals surface area contributed by atoms with Gasteiger partial charge in [-0.05, 0) is 37.6 Å². The van der Waals surface area contributed by atoms with E-state index in [1.807, 2.05) is 48.1 Å². The molecule has 0 saturated heterocycles. The van der Waals surface area contributed by atoms with Crippen LogP contribution in [0.1, 0.15) is 52.1 Å². The zero-order valence-electron chi connectivity index (χ0n) is 16.3. The molecule has 1 unspecified atom stereocenters. The minimum atomic E-state index is -2.59. The third-order valence-electron chi connectivity index (χ3n) is 4.69. The summed E-state index contributed by atoms with van der Waals surface area (Å²) < 4.78 is 29.2. The van der Waals surface area contributed by atoms with Gasteiger partial charge >= 0.3 is 0 Å². The Morgan fingerprint density at radius 1 is 1.13 bits per heavy atom. The molecule has 3 heterocycles. The zero-order valence-corrected chi connectivity index (χ0v) is 17.9. The Labute approximate surface area is 181 Å². The molecule has 0 N–H and O–H groups in total. The summed E-state index contributed by atoms with van der Waals surface area (Å²) in [7, 11) is 0. The van der Waals surface area contributed by atoms with Crippen molar-refractivity contribution in [3.05, 3.63) is 80.3 Å². The van der Waals surface area contributed by atoms with Gasteiger partial charge in [-0.1, -0.05) is 41.1 Å². The number of aryl methyl sites for hydroxylation is 1. The Morgan fingerprint density at radius 3 is 2.67 bits per heavy atom. The molecule has 4 rings (SSSR count). The number of nitrogens with zero attached hydrogens (tertiary/aromatic N) is 6. The Kier molecular flexibility index (Phi) is 5.92. The van der Waals surface area contributed by atoms with Crippen LogP contribution in [-0.2, 0) is 13.0 Å². The van der Waals surface area contributed by atoms with Gasteiger partial charge in [-0.15, -0.1) is 10.2 Å². The van der Waals surface area contributed by atoms with Gasteiger partial charge in [-0.2, -0.15) is 10.2 Å². The third kappa shape index (κ3) is 4.41. The summed E-state index contributed by atoms with van der Waals surface area (Å²) in [6.45, 7) is 4.21. The summed E-state index contributed by atoms with van der Waals surface area (Å²) in [5.74, 6) is 0. The van der Waals surface area contributed by atoms with Crippen LogP contribution in [0.15, 0.2) is 42.6 Å². The molecule has 30 heavy (non-hydrogen) atoms. The SMILES string of the molecule is Cc1cc(C(F)F)nn1C(C)c1nnc(Cc2ccn(Cc3ccccc3Cl)n2)s1. The lowest BCUT2D eigenvalue weighted by Gasteiger charge is -2.10. The number of aromatic nitrogens is 6. The summed E-state index contributed by atoms with van der Waals surface area (Å²) in [5, 5.41) is 19.3. The number of hydrogen-bond donors (Lipinski definition) is 0. The average Bonchev–Trinajstić information content (AvgIpc) is 3.44. The molecular formula is C20H19ClF2N6S. The van der Waals surface area contributed by atoms with Crippen molar-refractivity contribution in [1.82, 2.24) is 29.8 Å². The van der Waals surface area contributed by atoms with Crippen molar-refractivity contribution < 1.29 is 8.78 Å². The van der Waals surface area contributed by atoms with Gasteiger partial charge in [0.05, 0.1) is 12.2 Å². The van der Waals surface area contributed by atoms with Crippen LogP contribution in [0, 0.1) is 6.92 Å². The molecule has 1 aromatic carbocycles. The molecule has 10 heteroatoms. The first-order valence-corrected chi connectivity index (χ1v) is 10.5. The van der Waals surface area contributed by atoms with Gasteiger partial charge in [0.15, 0.2) is 0 Å². The van der Waals surface area contributed by atoms with E-state index in [1.54, 1.807) is 11.6 Å². The summed E-state index contributed by atoms with van der Waals surface area (Å²) in [5.41, 5.74) is 2.30. The van der Waals surface area contributed by atoms with Crippen molar-refractivity contribution in [3.8, 4) is 0 Å². The quantitative estimate of drug-likeness (QED) is 0.395. The van der Waals surface area contributed by atoms with E-state index in [9.17, 15) is 8.78 Å². The molecule has 3 aromatic heterocycles. The normalized spacial score (nSPS) is 12.6. The molecule has 1 atom stereocenters. The Hall–Kier alpha value is -2.65. The van der Waals surface area contributed by atoms with Gasteiger partial charge < -0.3 is 0 Å². The number of benzene rings is 1. The van der Waals surface area contributed by atoms with E-state index in [1.165, 1.54) is 17.4 Å². The molecule has 156 valence electrons. The van der Waals surface area contributed by atoms with Crippen molar-refractivity contribution in [2.75, 3.05) is 0 Å². The number of alkyl halides is 2. The minimum Gasteiger partial charge on any atom is -0.268 e. The van der Waals surface area contributed by atoms with E-state index in [4.69, 9.17) is 11.6 Å². The molecule has 4 aromatic rings. The maximum absolute atomic E-state index is 12.9. The molecule has 0 saturated carbocycles. The van der Waals surface area contributed by atoms with Crippen molar-refractivity contribution in [1.29, 1.82) is 0 Å². The van der Waals surface area contributed by atoms with E-state index < -0.39 is 6.43 Å². The lowest BCUT2D eigenvalue weighted by atomic mass is 10.2. The topological polar surface area (TPSA) is 61.4 Å². The van der Waals surface area contributed by atoms with Gasteiger partial charge in [0.2, 0.25) is 0 Å². The fourth-order valence-corrected chi connectivity index (χ4v) is 4.26. The highest BCUT2D eigenvalue weighted by Crippen LogP contribution is 2.26. The fourth-order valence-electron chi connectivity index (χ4n) is 3.16. The highest BCUT2D eigenvalue weighted by molar-refractivity contribution is 7.11. The lowest BCUT2D eigenvalue weighted by Crippen LogP contribution is -2.10. The molecule has 0 amide bonds. The molecule has 0 bridgehead atoms. The first-order chi connectivity index (χ1) is 14.4. The second kappa shape index (κ2) is 8.61. The second-order valence-corrected chi connectivity index (χ2v) is 8.44. The van der Waals surface area contributed by atoms with E-state index in [0.717, 1.165) is 16.3 Å². The second-order valence-electron chi connectivity index (χ2n) is 6.94. The van der Waals surface area contributed by atoms with Crippen LogP contribution in [0.4, 0.5) is 8.78 Å². The number of rotatable bonds is 7. The maximum Gasteiger partial charge on any atom is 0.282 e. The molecule has 0 radical (unpaired) electrons. The summed E-state index contributed by atoms with van der Waals surface area (Å²) in [4.78, 5) is 0. The van der Waals surface area contributed by atoms with E-state index in [0.29, 0.717) is 28.7 Å². The van der Waals surface area contributed by atoms with Crippen molar-refractivity contribution in [3.63, 3.8) is 0 Å². The molecule has 0 spiro atoms. The Morgan fingerprint density at radius 2 is 1.93 bits per heavy atom. The summed E-state index contributed by atoms with van der Waals surface area (Å²) >= 11 is 7.65. The molecule has 0 fully saturated rings. The smallest absolute Gasteiger partial charge is 0.268 e. The maximum atomic E-state index is 12.9. The van der Waals surface area contributed by atoms with Gasteiger partial charge in [-0.3, -0.25) is 9.36 Å². The van der Waals surface area contributed by atoms with E-state index >= 15 is 0 Å². The predicted molar refractivity (Wildman–Crippen MR) is 111 cm³/mol. The fraction of sp³-hybridized carbons (Fsp3) is 0.300. The molecule has 6 nitrogen and oxygen atoms in total.